The maximum atomic E-state index is 9.36. The zero-order chi connectivity index (χ0) is 11.5. The van der Waals surface area contributed by atoms with Gasteiger partial charge in [0.25, 0.3) is 0 Å². The first-order valence-electron chi connectivity index (χ1n) is 4.74. The van der Waals surface area contributed by atoms with E-state index in [9.17, 15) is 5.11 Å². The lowest BCUT2D eigenvalue weighted by Gasteiger charge is -2.26. The Bertz CT molecular complexity index is 314. The van der Waals surface area contributed by atoms with E-state index in [0.717, 1.165) is 5.56 Å². The summed E-state index contributed by atoms with van der Waals surface area (Å²) in [5.41, 5.74) is 0.421. The summed E-state index contributed by atoms with van der Waals surface area (Å²) < 4.78 is 10.4. The van der Waals surface area contributed by atoms with Gasteiger partial charge in [-0.2, -0.15) is 0 Å². The molecule has 15 heavy (non-hydrogen) atoms. The molecule has 0 aliphatic heterocycles. The molecule has 84 valence electrons. The Kier molecular flexibility index (Phi) is 3.52. The molecular formula is C11H17NO3. The number of rotatable bonds is 4. The van der Waals surface area contributed by atoms with E-state index in [4.69, 9.17) is 9.47 Å². The summed E-state index contributed by atoms with van der Waals surface area (Å²) >= 11 is 0. The molecule has 0 bridgehead atoms. The van der Waals surface area contributed by atoms with Crippen molar-refractivity contribution in [3.8, 4) is 11.5 Å². The second kappa shape index (κ2) is 4.49. The molecule has 0 saturated heterocycles. The molecular weight excluding hydrogens is 194 g/mol. The van der Waals surface area contributed by atoms with Gasteiger partial charge in [0.1, 0.15) is 11.5 Å². The van der Waals surface area contributed by atoms with E-state index in [2.05, 4.69) is 4.98 Å². The zero-order valence-electron chi connectivity index (χ0n) is 9.57. The van der Waals surface area contributed by atoms with Gasteiger partial charge in [0.05, 0.1) is 33.2 Å². The molecule has 0 aliphatic carbocycles. The number of ether oxygens (including phenoxy) is 2. The summed E-state index contributed by atoms with van der Waals surface area (Å²) in [4.78, 5) is 4.00. The minimum atomic E-state index is -0.417. The zero-order valence-corrected chi connectivity index (χ0v) is 9.57. The number of hydrogen-bond acceptors (Lipinski definition) is 4. The third-order valence-corrected chi connectivity index (χ3v) is 2.39. The van der Waals surface area contributed by atoms with Crippen LogP contribution in [0, 0.1) is 0 Å². The van der Waals surface area contributed by atoms with E-state index in [0.29, 0.717) is 11.5 Å². The van der Waals surface area contributed by atoms with Gasteiger partial charge in [0.2, 0.25) is 0 Å². The minimum Gasteiger partial charge on any atom is -0.495 e. The number of pyridine rings is 1. The van der Waals surface area contributed by atoms with Crippen LogP contribution < -0.4 is 9.47 Å². The van der Waals surface area contributed by atoms with Crippen molar-refractivity contribution in [1.29, 1.82) is 0 Å². The molecule has 0 aliphatic rings. The summed E-state index contributed by atoms with van der Waals surface area (Å²) in [6, 6.07) is 0. The van der Waals surface area contributed by atoms with Crippen molar-refractivity contribution >= 4 is 0 Å². The number of aliphatic hydroxyl groups is 1. The van der Waals surface area contributed by atoms with Gasteiger partial charge in [0, 0.05) is 11.0 Å². The summed E-state index contributed by atoms with van der Waals surface area (Å²) in [5, 5.41) is 9.36. The van der Waals surface area contributed by atoms with Crippen molar-refractivity contribution in [2.75, 3.05) is 20.8 Å². The van der Waals surface area contributed by atoms with Crippen LogP contribution in [0.2, 0.25) is 0 Å². The highest BCUT2D eigenvalue weighted by molar-refractivity contribution is 5.46. The van der Waals surface area contributed by atoms with Crippen molar-refractivity contribution in [2.45, 2.75) is 19.3 Å². The second-order valence-electron chi connectivity index (χ2n) is 3.96. The molecule has 1 aromatic rings. The molecule has 1 aromatic heterocycles. The number of hydrogen-bond donors (Lipinski definition) is 1. The Hall–Kier alpha value is -1.29. The number of methoxy groups -OCH3 is 2. The quantitative estimate of drug-likeness (QED) is 0.817. The maximum absolute atomic E-state index is 9.36. The average molecular weight is 211 g/mol. The second-order valence-corrected chi connectivity index (χ2v) is 3.96. The monoisotopic (exact) mass is 211 g/mol. The van der Waals surface area contributed by atoms with Crippen LogP contribution in [-0.2, 0) is 5.41 Å². The van der Waals surface area contributed by atoms with Crippen molar-refractivity contribution in [1.82, 2.24) is 4.98 Å². The summed E-state index contributed by atoms with van der Waals surface area (Å²) in [7, 11) is 3.15. The van der Waals surface area contributed by atoms with E-state index >= 15 is 0 Å². The third-order valence-electron chi connectivity index (χ3n) is 2.39. The molecule has 0 saturated carbocycles. The topological polar surface area (TPSA) is 51.6 Å². The average Bonchev–Trinajstić information content (AvgIpc) is 2.27. The smallest absolute Gasteiger partial charge is 0.144 e. The van der Waals surface area contributed by atoms with Gasteiger partial charge < -0.3 is 14.6 Å². The number of aliphatic hydroxyl groups excluding tert-OH is 1. The van der Waals surface area contributed by atoms with Crippen molar-refractivity contribution in [3.05, 3.63) is 18.0 Å². The molecule has 0 aromatic carbocycles. The van der Waals surface area contributed by atoms with Crippen LogP contribution in [0.25, 0.3) is 0 Å². The highest BCUT2D eigenvalue weighted by Gasteiger charge is 2.27. The van der Waals surface area contributed by atoms with Crippen LogP contribution in [-0.4, -0.2) is 30.9 Å². The summed E-state index contributed by atoms with van der Waals surface area (Å²) in [6.45, 7) is 3.87. The first kappa shape index (κ1) is 11.8. The first-order valence-corrected chi connectivity index (χ1v) is 4.74. The van der Waals surface area contributed by atoms with E-state index in [1.165, 1.54) is 0 Å². The molecule has 0 fully saturated rings. The Morgan fingerprint density at radius 1 is 1.20 bits per heavy atom. The number of nitrogens with zero attached hydrogens (tertiary/aromatic N) is 1. The Labute approximate surface area is 89.9 Å². The Balaban J connectivity index is 3.34. The molecule has 4 heteroatoms. The van der Waals surface area contributed by atoms with Gasteiger partial charge in [-0.05, 0) is 0 Å². The standard InChI is InChI=1S/C11H17NO3/c1-11(2,7-13)10-8(14-3)5-12-6-9(10)15-4/h5-6,13H,7H2,1-4H3. The third kappa shape index (κ3) is 2.21. The van der Waals surface area contributed by atoms with Gasteiger partial charge >= 0.3 is 0 Å². The predicted octanol–water partition coefficient (Wildman–Crippen LogP) is 1.37. The highest BCUT2D eigenvalue weighted by Crippen LogP contribution is 2.37. The maximum Gasteiger partial charge on any atom is 0.144 e. The molecule has 1 heterocycles. The van der Waals surface area contributed by atoms with Gasteiger partial charge in [0.15, 0.2) is 0 Å². The van der Waals surface area contributed by atoms with Crippen LogP contribution in [0.4, 0.5) is 0 Å². The van der Waals surface area contributed by atoms with Gasteiger partial charge in [-0.3, -0.25) is 4.98 Å². The number of aromatic nitrogens is 1. The van der Waals surface area contributed by atoms with Gasteiger partial charge in [-0.25, -0.2) is 0 Å². The van der Waals surface area contributed by atoms with E-state index < -0.39 is 5.41 Å². The lowest BCUT2D eigenvalue weighted by molar-refractivity contribution is 0.210. The van der Waals surface area contributed by atoms with E-state index in [1.54, 1.807) is 26.6 Å². The molecule has 1 rings (SSSR count). The lowest BCUT2D eigenvalue weighted by atomic mass is 9.85. The van der Waals surface area contributed by atoms with Crippen LogP contribution in [0.3, 0.4) is 0 Å². The fraction of sp³-hybridized carbons (Fsp3) is 0.545. The van der Waals surface area contributed by atoms with Crippen LogP contribution in [0.5, 0.6) is 11.5 Å². The molecule has 1 N–H and O–H groups in total. The summed E-state index contributed by atoms with van der Waals surface area (Å²) in [5.74, 6) is 1.27. The molecule has 0 radical (unpaired) electrons. The van der Waals surface area contributed by atoms with Gasteiger partial charge in [-0.15, -0.1) is 0 Å². The highest BCUT2D eigenvalue weighted by atomic mass is 16.5. The van der Waals surface area contributed by atoms with Crippen molar-refractivity contribution in [2.24, 2.45) is 0 Å². The van der Waals surface area contributed by atoms with E-state index in [1.807, 2.05) is 13.8 Å². The predicted molar refractivity (Wildman–Crippen MR) is 57.5 cm³/mol. The van der Waals surface area contributed by atoms with E-state index in [-0.39, 0.29) is 6.61 Å². The van der Waals surface area contributed by atoms with Crippen LogP contribution >= 0.6 is 0 Å². The SMILES string of the molecule is COc1cncc(OC)c1C(C)(C)CO. The van der Waals surface area contributed by atoms with Gasteiger partial charge in [-0.1, -0.05) is 13.8 Å². The molecule has 0 spiro atoms. The Morgan fingerprint density at radius 2 is 1.67 bits per heavy atom. The fourth-order valence-corrected chi connectivity index (χ4v) is 1.48. The largest absolute Gasteiger partial charge is 0.495 e. The fourth-order valence-electron chi connectivity index (χ4n) is 1.48. The van der Waals surface area contributed by atoms with Crippen molar-refractivity contribution in [3.63, 3.8) is 0 Å². The van der Waals surface area contributed by atoms with Crippen molar-refractivity contribution < 1.29 is 14.6 Å². The Morgan fingerprint density at radius 3 is 2.00 bits per heavy atom. The van der Waals surface area contributed by atoms with Crippen LogP contribution in [0.15, 0.2) is 12.4 Å². The lowest BCUT2D eigenvalue weighted by Crippen LogP contribution is -2.24. The molecule has 0 unspecified atom stereocenters. The molecule has 0 amide bonds. The minimum absolute atomic E-state index is 0.0176. The normalized spacial score (nSPS) is 11.3. The van der Waals surface area contributed by atoms with Crippen LogP contribution in [0.1, 0.15) is 19.4 Å². The first-order chi connectivity index (χ1) is 7.06. The summed E-state index contributed by atoms with van der Waals surface area (Å²) in [6.07, 6.45) is 3.24. The molecule has 4 nitrogen and oxygen atoms in total. The molecule has 0 atom stereocenters.